The molecule has 0 atom stereocenters. The highest BCUT2D eigenvalue weighted by molar-refractivity contribution is 6.05. The summed E-state index contributed by atoms with van der Waals surface area (Å²) in [6.45, 7) is 3.49. The number of hydrogen-bond acceptors (Lipinski definition) is 3. The number of ether oxygens (including phenoxy) is 1. The van der Waals surface area contributed by atoms with Crippen molar-refractivity contribution < 1.29 is 13.9 Å². The van der Waals surface area contributed by atoms with Crippen LogP contribution < -0.4 is 10.1 Å². The summed E-state index contributed by atoms with van der Waals surface area (Å²) < 4.78 is 18.3. The molecule has 0 heterocycles. The lowest BCUT2D eigenvalue weighted by molar-refractivity contribution is 0.104. The van der Waals surface area contributed by atoms with Gasteiger partial charge in [-0.15, -0.1) is 0 Å². The van der Waals surface area contributed by atoms with Crippen LogP contribution in [0.15, 0.2) is 54.2 Å². The quantitative estimate of drug-likeness (QED) is 0.659. The molecule has 0 amide bonds. The van der Waals surface area contributed by atoms with E-state index in [4.69, 9.17) is 4.74 Å². The maximum atomic E-state index is 13.2. The van der Waals surface area contributed by atoms with Gasteiger partial charge in [-0.25, -0.2) is 4.39 Å². The predicted molar refractivity (Wildman–Crippen MR) is 85.8 cm³/mol. The second-order valence-electron chi connectivity index (χ2n) is 5.01. The molecule has 2 rings (SSSR count). The van der Waals surface area contributed by atoms with Crippen LogP contribution in [-0.4, -0.2) is 12.9 Å². The molecular weight excluding hydrogens is 281 g/mol. The van der Waals surface area contributed by atoms with E-state index in [1.807, 2.05) is 0 Å². The first-order valence-electron chi connectivity index (χ1n) is 6.89. The summed E-state index contributed by atoms with van der Waals surface area (Å²) >= 11 is 0. The summed E-state index contributed by atoms with van der Waals surface area (Å²) in [6.07, 6.45) is 1.51. The molecule has 3 nitrogen and oxygen atoms in total. The van der Waals surface area contributed by atoms with E-state index in [0.717, 1.165) is 5.69 Å². The highest BCUT2D eigenvalue weighted by Crippen LogP contribution is 2.16. The van der Waals surface area contributed by atoms with Crippen LogP contribution in [0.3, 0.4) is 0 Å². The van der Waals surface area contributed by atoms with Crippen LogP contribution in [-0.2, 0) is 0 Å². The van der Waals surface area contributed by atoms with Crippen molar-refractivity contribution in [3.8, 4) is 5.75 Å². The molecule has 0 bridgehead atoms. The maximum Gasteiger partial charge on any atom is 0.187 e. The van der Waals surface area contributed by atoms with Gasteiger partial charge in [0.25, 0.3) is 0 Å². The first-order valence-corrected chi connectivity index (χ1v) is 6.89. The molecule has 0 aromatic heterocycles. The largest absolute Gasteiger partial charge is 0.497 e. The summed E-state index contributed by atoms with van der Waals surface area (Å²) in [7, 11) is 1.58. The number of hydrogen-bond donors (Lipinski definition) is 1. The van der Waals surface area contributed by atoms with E-state index in [1.165, 1.54) is 12.1 Å². The topological polar surface area (TPSA) is 38.3 Å². The van der Waals surface area contributed by atoms with Crippen LogP contribution in [0.5, 0.6) is 5.75 Å². The Bertz CT molecular complexity index is 706. The molecule has 1 N–H and O–H groups in total. The molecule has 0 aliphatic rings. The molecular formula is C18H18FNO2. The van der Waals surface area contributed by atoms with Crippen molar-refractivity contribution in [2.24, 2.45) is 0 Å². The van der Waals surface area contributed by atoms with E-state index < -0.39 is 0 Å². The van der Waals surface area contributed by atoms with Crippen molar-refractivity contribution in [1.82, 2.24) is 0 Å². The Morgan fingerprint density at radius 1 is 1.18 bits per heavy atom. The third-order valence-corrected chi connectivity index (χ3v) is 3.22. The van der Waals surface area contributed by atoms with Crippen molar-refractivity contribution in [2.75, 3.05) is 12.4 Å². The van der Waals surface area contributed by atoms with Crippen LogP contribution in [0.1, 0.15) is 22.8 Å². The summed E-state index contributed by atoms with van der Waals surface area (Å²) in [4.78, 5) is 12.1. The molecule has 2 aromatic rings. The van der Waals surface area contributed by atoms with Gasteiger partial charge in [-0.2, -0.15) is 0 Å². The van der Waals surface area contributed by atoms with Crippen LogP contribution in [0.2, 0.25) is 0 Å². The number of aryl methyl sites for hydroxylation is 1. The number of ketones is 1. The molecule has 0 unspecified atom stereocenters. The number of halogens is 1. The lowest BCUT2D eigenvalue weighted by Crippen LogP contribution is -2.02. The van der Waals surface area contributed by atoms with Gasteiger partial charge in [-0.1, -0.05) is 0 Å². The van der Waals surface area contributed by atoms with Gasteiger partial charge in [0.05, 0.1) is 7.11 Å². The molecule has 2 aromatic carbocycles. The average molecular weight is 299 g/mol. The number of anilines is 1. The Labute approximate surface area is 129 Å². The van der Waals surface area contributed by atoms with E-state index in [9.17, 15) is 9.18 Å². The van der Waals surface area contributed by atoms with Gasteiger partial charge in [0.2, 0.25) is 0 Å². The Morgan fingerprint density at radius 2 is 1.86 bits per heavy atom. The molecule has 0 aliphatic carbocycles. The zero-order valence-electron chi connectivity index (χ0n) is 12.8. The Morgan fingerprint density at radius 3 is 2.45 bits per heavy atom. The van der Waals surface area contributed by atoms with Crippen LogP contribution in [0.25, 0.3) is 0 Å². The van der Waals surface area contributed by atoms with Crippen molar-refractivity contribution in [1.29, 1.82) is 0 Å². The number of benzene rings is 2. The molecule has 0 fully saturated rings. The predicted octanol–water partition coefficient (Wildman–Crippen LogP) is 4.34. The summed E-state index contributed by atoms with van der Waals surface area (Å²) in [5.41, 5.74) is 2.57. The van der Waals surface area contributed by atoms with Crippen LogP contribution in [0.4, 0.5) is 10.1 Å². The van der Waals surface area contributed by atoms with Crippen molar-refractivity contribution >= 4 is 11.5 Å². The zero-order chi connectivity index (χ0) is 16.1. The fraction of sp³-hybridized carbons (Fsp3) is 0.167. The zero-order valence-corrected chi connectivity index (χ0v) is 12.8. The van der Waals surface area contributed by atoms with Crippen LogP contribution in [0, 0.1) is 12.7 Å². The molecule has 0 aliphatic heterocycles. The van der Waals surface area contributed by atoms with E-state index >= 15 is 0 Å². The highest BCUT2D eigenvalue weighted by Gasteiger charge is 2.04. The monoisotopic (exact) mass is 299 g/mol. The van der Waals surface area contributed by atoms with Gasteiger partial charge < -0.3 is 10.1 Å². The standard InChI is InChI=1S/C18H18FNO2/c1-12-10-15(6-9-17(12)19)20-13(2)11-18(21)14-4-7-16(22-3)8-5-14/h4-11,20H,1-3H3. The third kappa shape index (κ3) is 3.95. The molecule has 22 heavy (non-hydrogen) atoms. The van der Waals surface area contributed by atoms with E-state index in [0.29, 0.717) is 22.6 Å². The molecule has 0 radical (unpaired) electrons. The van der Waals surface area contributed by atoms with Gasteiger partial charge in [0.1, 0.15) is 11.6 Å². The van der Waals surface area contributed by atoms with Gasteiger partial charge in [0, 0.05) is 23.0 Å². The average Bonchev–Trinajstić information content (AvgIpc) is 2.51. The SMILES string of the molecule is COc1ccc(C(=O)C=C(C)Nc2ccc(F)c(C)c2)cc1. The van der Waals surface area contributed by atoms with Crippen LogP contribution >= 0.6 is 0 Å². The number of nitrogens with one attached hydrogen (secondary N) is 1. The minimum absolute atomic E-state index is 0.105. The Hall–Kier alpha value is -2.62. The molecule has 0 saturated carbocycles. The summed E-state index contributed by atoms with van der Waals surface area (Å²) in [6, 6.07) is 11.7. The Balaban J connectivity index is 2.09. The summed E-state index contributed by atoms with van der Waals surface area (Å²) in [5, 5.41) is 3.08. The van der Waals surface area contributed by atoms with Gasteiger partial charge in [-0.05, 0) is 61.9 Å². The molecule has 0 spiro atoms. The first-order chi connectivity index (χ1) is 10.5. The van der Waals surface area contributed by atoms with E-state index in [-0.39, 0.29) is 11.6 Å². The number of allylic oxidation sites excluding steroid dienone is 2. The number of methoxy groups -OCH3 is 1. The number of carbonyl (C=O) groups is 1. The van der Waals surface area contributed by atoms with Crippen molar-refractivity contribution in [3.63, 3.8) is 0 Å². The second-order valence-corrected chi connectivity index (χ2v) is 5.01. The molecule has 114 valence electrons. The first kappa shape index (κ1) is 15.8. The van der Waals surface area contributed by atoms with Crippen molar-refractivity contribution in [3.05, 3.63) is 71.2 Å². The molecule has 0 saturated heterocycles. The van der Waals surface area contributed by atoms with E-state index in [2.05, 4.69) is 5.32 Å². The highest BCUT2D eigenvalue weighted by atomic mass is 19.1. The minimum atomic E-state index is -0.249. The fourth-order valence-corrected chi connectivity index (χ4v) is 2.02. The van der Waals surface area contributed by atoms with Crippen molar-refractivity contribution in [2.45, 2.75) is 13.8 Å². The normalized spacial score (nSPS) is 11.2. The van der Waals surface area contributed by atoms with Gasteiger partial charge >= 0.3 is 0 Å². The van der Waals surface area contributed by atoms with Gasteiger partial charge in [0.15, 0.2) is 5.78 Å². The lowest BCUT2D eigenvalue weighted by Gasteiger charge is -2.08. The second kappa shape index (κ2) is 6.89. The fourth-order valence-electron chi connectivity index (χ4n) is 2.02. The number of rotatable bonds is 5. The Kier molecular flexibility index (Phi) is 4.94. The molecule has 4 heteroatoms. The smallest absolute Gasteiger partial charge is 0.187 e. The van der Waals surface area contributed by atoms with E-state index in [1.54, 1.807) is 57.4 Å². The number of carbonyl (C=O) groups excluding carboxylic acids is 1. The maximum absolute atomic E-state index is 13.2. The van der Waals surface area contributed by atoms with Gasteiger partial charge in [-0.3, -0.25) is 4.79 Å². The lowest BCUT2D eigenvalue weighted by atomic mass is 10.1. The minimum Gasteiger partial charge on any atom is -0.497 e. The summed E-state index contributed by atoms with van der Waals surface area (Å²) in [5.74, 6) is 0.352. The third-order valence-electron chi connectivity index (χ3n) is 3.22.